The third-order valence-electron chi connectivity index (χ3n) is 2.57. The monoisotopic (exact) mass is 322 g/mol. The van der Waals surface area contributed by atoms with Gasteiger partial charge in [-0.1, -0.05) is 22.0 Å². The van der Waals surface area contributed by atoms with Gasteiger partial charge in [0.25, 0.3) is 0 Å². The molecule has 2 aromatic carbocycles. The van der Waals surface area contributed by atoms with Crippen LogP contribution in [0.2, 0.25) is 0 Å². The minimum Gasteiger partial charge on any atom is -0.379 e. The normalized spacial score (nSPS) is 10.0. The highest BCUT2D eigenvalue weighted by Crippen LogP contribution is 2.20. The van der Waals surface area contributed by atoms with Gasteiger partial charge in [-0.2, -0.15) is 5.26 Å². The molecule has 96 valence electrons. The Morgan fingerprint density at radius 3 is 2.58 bits per heavy atom. The third kappa shape index (κ3) is 3.30. The highest BCUT2D eigenvalue weighted by molar-refractivity contribution is 9.10. The van der Waals surface area contributed by atoms with Gasteiger partial charge in [0.15, 0.2) is 0 Å². The van der Waals surface area contributed by atoms with Crippen LogP contribution in [0.5, 0.6) is 0 Å². The standard InChI is InChI=1S/C14H9BrF2N2/c15-11-2-4-14(13(17)6-11)19-8-9-1-3-12(16)10(5-9)7-18/h1-6,19H,8H2. The highest BCUT2D eigenvalue weighted by atomic mass is 79.9. The van der Waals surface area contributed by atoms with Crippen molar-refractivity contribution in [3.63, 3.8) is 0 Å². The SMILES string of the molecule is N#Cc1cc(CNc2ccc(Br)cc2F)ccc1F. The number of benzene rings is 2. The van der Waals surface area contributed by atoms with E-state index in [2.05, 4.69) is 21.2 Å². The van der Waals surface area contributed by atoms with Crippen molar-refractivity contribution in [2.45, 2.75) is 6.54 Å². The Kier molecular flexibility index (Phi) is 4.13. The molecule has 0 aliphatic carbocycles. The molecular formula is C14H9BrF2N2. The Morgan fingerprint density at radius 1 is 1.11 bits per heavy atom. The van der Waals surface area contributed by atoms with Crippen LogP contribution in [0.1, 0.15) is 11.1 Å². The third-order valence-corrected chi connectivity index (χ3v) is 3.06. The topological polar surface area (TPSA) is 35.8 Å². The number of hydrogen-bond acceptors (Lipinski definition) is 2. The maximum Gasteiger partial charge on any atom is 0.147 e. The molecule has 0 saturated heterocycles. The van der Waals surface area contributed by atoms with Gasteiger partial charge in [-0.25, -0.2) is 8.78 Å². The lowest BCUT2D eigenvalue weighted by atomic mass is 10.1. The van der Waals surface area contributed by atoms with Crippen molar-refractivity contribution in [1.82, 2.24) is 0 Å². The van der Waals surface area contributed by atoms with Crippen molar-refractivity contribution in [2.75, 3.05) is 5.32 Å². The molecule has 0 aliphatic heterocycles. The number of anilines is 1. The van der Waals surface area contributed by atoms with Crippen LogP contribution >= 0.6 is 15.9 Å². The molecule has 0 radical (unpaired) electrons. The molecule has 0 atom stereocenters. The van der Waals surface area contributed by atoms with Crippen LogP contribution < -0.4 is 5.32 Å². The van der Waals surface area contributed by atoms with Gasteiger partial charge in [-0.3, -0.25) is 0 Å². The second kappa shape index (κ2) is 5.81. The van der Waals surface area contributed by atoms with Crippen LogP contribution in [0, 0.1) is 23.0 Å². The molecule has 0 fully saturated rings. The molecule has 2 aromatic rings. The van der Waals surface area contributed by atoms with Gasteiger partial charge < -0.3 is 5.32 Å². The average Bonchev–Trinajstić information content (AvgIpc) is 2.39. The fourth-order valence-electron chi connectivity index (χ4n) is 1.60. The molecule has 0 aromatic heterocycles. The summed E-state index contributed by atoms with van der Waals surface area (Å²) in [6.07, 6.45) is 0. The van der Waals surface area contributed by atoms with E-state index >= 15 is 0 Å². The lowest BCUT2D eigenvalue weighted by molar-refractivity contribution is 0.622. The minimum absolute atomic E-state index is 0.0180. The zero-order chi connectivity index (χ0) is 13.8. The molecule has 0 bridgehead atoms. The number of nitrogens with one attached hydrogen (secondary N) is 1. The van der Waals surface area contributed by atoms with E-state index in [0.717, 1.165) is 0 Å². The van der Waals surface area contributed by atoms with Gasteiger partial charge in [0, 0.05) is 11.0 Å². The summed E-state index contributed by atoms with van der Waals surface area (Å²) < 4.78 is 27.3. The van der Waals surface area contributed by atoms with Crippen molar-refractivity contribution < 1.29 is 8.78 Å². The number of rotatable bonds is 3. The first kappa shape index (κ1) is 13.5. The van der Waals surface area contributed by atoms with E-state index in [9.17, 15) is 8.78 Å². The van der Waals surface area contributed by atoms with Gasteiger partial charge in [0.05, 0.1) is 11.3 Å². The van der Waals surface area contributed by atoms with Gasteiger partial charge in [0.1, 0.15) is 17.7 Å². The summed E-state index contributed by atoms with van der Waals surface area (Å²) in [5.41, 5.74) is 1.04. The second-order valence-corrected chi connectivity index (χ2v) is 4.82. The number of halogens is 3. The van der Waals surface area contributed by atoms with Crippen molar-refractivity contribution >= 4 is 21.6 Å². The fraction of sp³-hybridized carbons (Fsp3) is 0.0714. The van der Waals surface area contributed by atoms with E-state index < -0.39 is 5.82 Å². The Hall–Kier alpha value is -1.93. The van der Waals surface area contributed by atoms with E-state index in [1.807, 2.05) is 0 Å². The lowest BCUT2D eigenvalue weighted by Crippen LogP contribution is -2.02. The number of nitriles is 1. The Balaban J connectivity index is 2.13. The summed E-state index contributed by atoms with van der Waals surface area (Å²) in [5, 5.41) is 11.6. The molecule has 2 rings (SSSR count). The minimum atomic E-state index is -0.555. The summed E-state index contributed by atoms with van der Waals surface area (Å²) in [5.74, 6) is -0.932. The van der Waals surface area contributed by atoms with E-state index in [-0.39, 0.29) is 11.4 Å². The van der Waals surface area contributed by atoms with E-state index in [1.165, 1.54) is 18.2 Å². The molecule has 0 heterocycles. The first-order chi connectivity index (χ1) is 9.10. The zero-order valence-electron chi connectivity index (χ0n) is 9.75. The Labute approximate surface area is 117 Å². The van der Waals surface area contributed by atoms with Crippen LogP contribution in [0.15, 0.2) is 40.9 Å². The molecule has 0 spiro atoms. The fourth-order valence-corrected chi connectivity index (χ4v) is 1.93. The summed E-state index contributed by atoms with van der Waals surface area (Å²) in [6.45, 7) is 0.313. The first-order valence-corrected chi connectivity index (χ1v) is 6.27. The van der Waals surface area contributed by atoms with Crippen LogP contribution in [0.4, 0.5) is 14.5 Å². The first-order valence-electron chi connectivity index (χ1n) is 5.47. The predicted octanol–water partition coefficient (Wildman–Crippen LogP) is 4.21. The maximum atomic E-state index is 13.6. The lowest BCUT2D eigenvalue weighted by Gasteiger charge is -2.08. The van der Waals surface area contributed by atoms with Crippen molar-refractivity contribution in [3.05, 3.63) is 63.6 Å². The molecule has 0 amide bonds. The number of nitrogens with zero attached hydrogens (tertiary/aromatic N) is 1. The maximum absolute atomic E-state index is 13.6. The van der Waals surface area contributed by atoms with Gasteiger partial charge >= 0.3 is 0 Å². The van der Waals surface area contributed by atoms with E-state index in [0.29, 0.717) is 22.3 Å². The van der Waals surface area contributed by atoms with Crippen LogP contribution in [-0.2, 0) is 6.54 Å². The van der Waals surface area contributed by atoms with Crippen molar-refractivity contribution in [2.24, 2.45) is 0 Å². The molecule has 1 N–H and O–H groups in total. The van der Waals surface area contributed by atoms with Crippen LogP contribution in [0.25, 0.3) is 0 Å². The summed E-state index contributed by atoms with van der Waals surface area (Å²) >= 11 is 3.17. The van der Waals surface area contributed by atoms with Crippen LogP contribution in [-0.4, -0.2) is 0 Å². The Morgan fingerprint density at radius 2 is 1.89 bits per heavy atom. The summed E-state index contributed by atoms with van der Waals surface area (Å²) in [7, 11) is 0. The quantitative estimate of drug-likeness (QED) is 0.918. The van der Waals surface area contributed by atoms with Crippen LogP contribution in [0.3, 0.4) is 0 Å². The van der Waals surface area contributed by atoms with Crippen molar-refractivity contribution in [3.8, 4) is 6.07 Å². The second-order valence-electron chi connectivity index (χ2n) is 3.90. The summed E-state index contributed by atoms with van der Waals surface area (Å²) in [6, 6.07) is 10.7. The van der Waals surface area contributed by atoms with Crippen molar-refractivity contribution in [1.29, 1.82) is 5.26 Å². The number of hydrogen-bond donors (Lipinski definition) is 1. The largest absolute Gasteiger partial charge is 0.379 e. The highest BCUT2D eigenvalue weighted by Gasteiger charge is 2.05. The molecule has 2 nitrogen and oxygen atoms in total. The molecule has 0 aliphatic rings. The average molecular weight is 323 g/mol. The molecule has 19 heavy (non-hydrogen) atoms. The predicted molar refractivity (Wildman–Crippen MR) is 72.5 cm³/mol. The van der Waals surface area contributed by atoms with Gasteiger partial charge in [-0.15, -0.1) is 0 Å². The molecule has 0 unspecified atom stereocenters. The molecular weight excluding hydrogens is 314 g/mol. The Bertz CT molecular complexity index is 650. The van der Waals surface area contributed by atoms with Gasteiger partial charge in [0.2, 0.25) is 0 Å². The zero-order valence-corrected chi connectivity index (χ0v) is 11.3. The summed E-state index contributed by atoms with van der Waals surface area (Å²) in [4.78, 5) is 0. The smallest absolute Gasteiger partial charge is 0.147 e. The van der Waals surface area contributed by atoms with Gasteiger partial charge in [-0.05, 0) is 35.9 Å². The van der Waals surface area contributed by atoms with E-state index in [1.54, 1.807) is 24.3 Å². The molecule has 5 heteroatoms. The van der Waals surface area contributed by atoms with E-state index in [4.69, 9.17) is 5.26 Å². The molecule has 0 saturated carbocycles.